The highest BCUT2D eigenvalue weighted by atomic mass is 16.5. The van der Waals surface area contributed by atoms with Crippen LogP contribution in [-0.2, 0) is 4.74 Å². The summed E-state index contributed by atoms with van der Waals surface area (Å²) in [7, 11) is 0. The van der Waals surface area contributed by atoms with E-state index in [1.54, 1.807) is 0 Å². The van der Waals surface area contributed by atoms with E-state index < -0.39 is 0 Å². The Morgan fingerprint density at radius 1 is 1.24 bits per heavy atom. The zero-order valence-corrected chi connectivity index (χ0v) is 11.1. The van der Waals surface area contributed by atoms with E-state index in [9.17, 15) is 4.79 Å². The fraction of sp³-hybridized carbons (Fsp3) is 0.923. The fourth-order valence-corrected chi connectivity index (χ4v) is 2.83. The lowest BCUT2D eigenvalue weighted by Crippen LogP contribution is -2.60. The van der Waals surface area contributed by atoms with Crippen LogP contribution in [0.25, 0.3) is 0 Å². The lowest BCUT2D eigenvalue weighted by molar-refractivity contribution is -0.0512. The topological polar surface area (TPSA) is 50.4 Å². The summed E-state index contributed by atoms with van der Waals surface area (Å²) in [6.45, 7) is 7.69. The first-order valence-electron chi connectivity index (χ1n) is 6.58. The van der Waals surface area contributed by atoms with Gasteiger partial charge in [-0.25, -0.2) is 4.79 Å². The van der Waals surface area contributed by atoms with E-state index in [4.69, 9.17) is 4.74 Å². The fourth-order valence-electron chi connectivity index (χ4n) is 2.83. The molecule has 0 aromatic heterocycles. The summed E-state index contributed by atoms with van der Waals surface area (Å²) >= 11 is 0. The molecule has 2 N–H and O–H groups in total. The first-order chi connectivity index (χ1) is 7.91. The number of hydrogen-bond acceptors (Lipinski definition) is 2. The maximum atomic E-state index is 11.8. The van der Waals surface area contributed by atoms with Crippen LogP contribution in [0.4, 0.5) is 4.79 Å². The molecule has 1 saturated carbocycles. The standard InChI is InChI=1S/C13H24N2O2/c1-12(2,3)15-11(16)14-10-4-5-13(10)6-8-17-9-7-13/h10H,4-9H2,1-3H3,(H2,14,15,16). The number of urea groups is 1. The van der Waals surface area contributed by atoms with Gasteiger partial charge in [-0.1, -0.05) is 0 Å². The molecule has 1 atom stereocenters. The first-order valence-corrected chi connectivity index (χ1v) is 6.58. The first kappa shape index (κ1) is 12.7. The summed E-state index contributed by atoms with van der Waals surface area (Å²) in [5.41, 5.74) is 0.157. The van der Waals surface area contributed by atoms with Crippen LogP contribution in [0.3, 0.4) is 0 Å². The molecule has 1 saturated heterocycles. The second kappa shape index (κ2) is 4.48. The van der Waals surface area contributed by atoms with Gasteiger partial charge in [0.2, 0.25) is 0 Å². The van der Waals surface area contributed by atoms with E-state index in [1.165, 1.54) is 6.42 Å². The smallest absolute Gasteiger partial charge is 0.315 e. The van der Waals surface area contributed by atoms with Gasteiger partial charge in [0, 0.05) is 24.8 Å². The van der Waals surface area contributed by atoms with Crippen LogP contribution in [0.2, 0.25) is 0 Å². The summed E-state index contributed by atoms with van der Waals surface area (Å²) < 4.78 is 5.41. The van der Waals surface area contributed by atoms with Crippen molar-refractivity contribution in [2.24, 2.45) is 5.41 Å². The Morgan fingerprint density at radius 3 is 2.35 bits per heavy atom. The van der Waals surface area contributed by atoms with Gasteiger partial charge in [-0.2, -0.15) is 0 Å². The third-order valence-corrected chi connectivity index (χ3v) is 3.95. The van der Waals surface area contributed by atoms with Crippen LogP contribution in [0.5, 0.6) is 0 Å². The summed E-state index contributed by atoms with van der Waals surface area (Å²) in [4.78, 5) is 11.8. The van der Waals surface area contributed by atoms with Crippen molar-refractivity contribution in [2.45, 2.75) is 58.0 Å². The molecule has 4 heteroatoms. The highest BCUT2D eigenvalue weighted by molar-refractivity contribution is 5.75. The second-order valence-electron chi connectivity index (χ2n) is 6.41. The number of nitrogens with one attached hydrogen (secondary N) is 2. The third-order valence-electron chi connectivity index (χ3n) is 3.95. The number of carbonyl (C=O) groups is 1. The normalized spacial score (nSPS) is 27.4. The van der Waals surface area contributed by atoms with Crippen molar-refractivity contribution in [1.29, 1.82) is 0 Å². The van der Waals surface area contributed by atoms with Crippen molar-refractivity contribution in [1.82, 2.24) is 10.6 Å². The SMILES string of the molecule is CC(C)(C)NC(=O)NC1CCC12CCOCC2. The van der Waals surface area contributed by atoms with Crippen molar-refractivity contribution in [3.8, 4) is 0 Å². The molecule has 2 fully saturated rings. The van der Waals surface area contributed by atoms with Gasteiger partial charge < -0.3 is 15.4 Å². The van der Waals surface area contributed by atoms with Crippen molar-refractivity contribution < 1.29 is 9.53 Å². The van der Waals surface area contributed by atoms with Gasteiger partial charge in [0.05, 0.1) is 0 Å². The predicted molar refractivity (Wildman–Crippen MR) is 66.9 cm³/mol. The van der Waals surface area contributed by atoms with Crippen molar-refractivity contribution >= 4 is 6.03 Å². The van der Waals surface area contributed by atoms with Gasteiger partial charge in [-0.15, -0.1) is 0 Å². The number of hydrogen-bond donors (Lipinski definition) is 2. The number of rotatable bonds is 1. The molecule has 4 nitrogen and oxygen atoms in total. The van der Waals surface area contributed by atoms with Crippen LogP contribution in [0.1, 0.15) is 46.5 Å². The highest BCUT2D eigenvalue weighted by Crippen LogP contribution is 2.48. The molecule has 0 aromatic rings. The molecule has 17 heavy (non-hydrogen) atoms. The Bertz CT molecular complexity index is 290. The minimum atomic E-state index is -0.170. The summed E-state index contributed by atoms with van der Waals surface area (Å²) in [6.07, 6.45) is 4.52. The average molecular weight is 240 g/mol. The maximum Gasteiger partial charge on any atom is 0.315 e. The molecule has 2 amide bonds. The lowest BCUT2D eigenvalue weighted by Gasteiger charge is -2.52. The number of carbonyl (C=O) groups excluding carboxylic acids is 1. The highest BCUT2D eigenvalue weighted by Gasteiger charge is 2.48. The Morgan fingerprint density at radius 2 is 1.88 bits per heavy atom. The van der Waals surface area contributed by atoms with E-state index >= 15 is 0 Å². The Balaban J connectivity index is 1.85. The van der Waals surface area contributed by atoms with E-state index in [0.717, 1.165) is 32.5 Å². The molecular weight excluding hydrogens is 216 g/mol. The van der Waals surface area contributed by atoms with Crippen molar-refractivity contribution in [3.05, 3.63) is 0 Å². The largest absolute Gasteiger partial charge is 0.381 e. The van der Waals surface area contributed by atoms with Gasteiger partial charge in [0.15, 0.2) is 0 Å². The minimum Gasteiger partial charge on any atom is -0.381 e. The zero-order valence-electron chi connectivity index (χ0n) is 11.1. The summed E-state index contributed by atoms with van der Waals surface area (Å²) in [6, 6.07) is 0.307. The summed E-state index contributed by atoms with van der Waals surface area (Å²) in [5.74, 6) is 0. The van der Waals surface area contributed by atoms with Gasteiger partial charge in [0.1, 0.15) is 0 Å². The van der Waals surface area contributed by atoms with E-state index in [0.29, 0.717) is 11.5 Å². The minimum absolute atomic E-state index is 0.0342. The van der Waals surface area contributed by atoms with Crippen LogP contribution in [0.15, 0.2) is 0 Å². The third kappa shape index (κ3) is 2.92. The maximum absolute atomic E-state index is 11.8. The Hall–Kier alpha value is -0.770. The number of amides is 2. The summed E-state index contributed by atoms with van der Waals surface area (Å²) in [5, 5.41) is 6.09. The quantitative estimate of drug-likeness (QED) is 0.737. The molecule has 98 valence electrons. The molecule has 2 aliphatic rings. The predicted octanol–water partition coefficient (Wildman–Crippen LogP) is 2.04. The van der Waals surface area contributed by atoms with Crippen LogP contribution >= 0.6 is 0 Å². The van der Waals surface area contributed by atoms with E-state index in [1.807, 2.05) is 20.8 Å². The lowest BCUT2D eigenvalue weighted by atomic mass is 9.60. The van der Waals surface area contributed by atoms with Crippen LogP contribution in [0, 0.1) is 5.41 Å². The molecule has 0 radical (unpaired) electrons. The van der Waals surface area contributed by atoms with E-state index in [-0.39, 0.29) is 11.6 Å². The molecule has 0 bridgehead atoms. The van der Waals surface area contributed by atoms with E-state index in [2.05, 4.69) is 10.6 Å². The van der Waals surface area contributed by atoms with Crippen molar-refractivity contribution in [3.63, 3.8) is 0 Å². The second-order valence-corrected chi connectivity index (χ2v) is 6.41. The molecule has 1 spiro atoms. The van der Waals surface area contributed by atoms with Crippen molar-refractivity contribution in [2.75, 3.05) is 13.2 Å². The number of ether oxygens (including phenoxy) is 1. The van der Waals surface area contributed by atoms with Crippen LogP contribution in [-0.4, -0.2) is 30.8 Å². The van der Waals surface area contributed by atoms with Gasteiger partial charge in [-0.05, 0) is 51.9 Å². The molecule has 0 aromatic carbocycles. The van der Waals surface area contributed by atoms with Crippen LogP contribution < -0.4 is 10.6 Å². The molecule has 1 aliphatic carbocycles. The van der Waals surface area contributed by atoms with Gasteiger partial charge in [-0.3, -0.25) is 0 Å². The van der Waals surface area contributed by atoms with Gasteiger partial charge in [0.25, 0.3) is 0 Å². The molecule has 2 rings (SSSR count). The van der Waals surface area contributed by atoms with Gasteiger partial charge >= 0.3 is 6.03 Å². The monoisotopic (exact) mass is 240 g/mol. The Kier molecular flexibility index (Phi) is 3.34. The average Bonchev–Trinajstić information content (AvgIpc) is 2.23. The Labute approximate surface area is 103 Å². The zero-order chi connectivity index (χ0) is 12.5. The molecular formula is C13H24N2O2. The molecule has 1 unspecified atom stereocenters. The molecule has 1 aliphatic heterocycles. The molecule has 1 heterocycles.